The van der Waals surface area contributed by atoms with E-state index < -0.39 is 0 Å². The molecule has 1 aromatic rings. The van der Waals surface area contributed by atoms with Crippen molar-refractivity contribution in [3.05, 3.63) is 29.8 Å². The first kappa shape index (κ1) is 18.5. The molecule has 1 fully saturated rings. The fourth-order valence-corrected chi connectivity index (χ4v) is 3.19. The molecule has 0 aromatic heterocycles. The first-order valence-electron chi connectivity index (χ1n) is 8.95. The van der Waals surface area contributed by atoms with Crippen LogP contribution in [0.1, 0.15) is 65.4 Å². The van der Waals surface area contributed by atoms with Gasteiger partial charge in [-0.15, -0.1) is 0 Å². The molecular weight excluding hydrogens is 300 g/mol. The van der Waals surface area contributed by atoms with Crippen LogP contribution in [0.15, 0.2) is 24.3 Å². The first-order valence-corrected chi connectivity index (χ1v) is 8.95. The Morgan fingerprint density at radius 2 is 1.71 bits per heavy atom. The van der Waals surface area contributed by atoms with E-state index in [-0.39, 0.29) is 17.2 Å². The third-order valence-corrected chi connectivity index (χ3v) is 4.71. The third-order valence-electron chi connectivity index (χ3n) is 4.71. The molecule has 4 heteroatoms. The number of amides is 2. The highest BCUT2D eigenvalue weighted by Crippen LogP contribution is 2.25. The maximum atomic E-state index is 12.1. The quantitative estimate of drug-likeness (QED) is 0.893. The fourth-order valence-electron chi connectivity index (χ4n) is 3.19. The van der Waals surface area contributed by atoms with E-state index in [1.807, 2.05) is 12.1 Å². The van der Waals surface area contributed by atoms with Crippen molar-refractivity contribution in [1.82, 2.24) is 5.32 Å². The Labute approximate surface area is 145 Å². The molecule has 1 aromatic carbocycles. The van der Waals surface area contributed by atoms with Crippen LogP contribution in [-0.2, 0) is 15.0 Å². The summed E-state index contributed by atoms with van der Waals surface area (Å²) in [5.41, 5.74) is 2.17. The van der Waals surface area contributed by atoms with Crippen molar-refractivity contribution < 1.29 is 9.59 Å². The molecule has 2 amide bonds. The predicted molar refractivity (Wildman–Crippen MR) is 98.2 cm³/mol. The maximum absolute atomic E-state index is 12.1. The van der Waals surface area contributed by atoms with Gasteiger partial charge in [-0.3, -0.25) is 9.59 Å². The van der Waals surface area contributed by atoms with Gasteiger partial charge in [0, 0.05) is 31.6 Å². The summed E-state index contributed by atoms with van der Waals surface area (Å²) in [6.45, 7) is 8.46. The average Bonchev–Trinajstić information content (AvgIpc) is 2.99. The van der Waals surface area contributed by atoms with Crippen molar-refractivity contribution in [3.63, 3.8) is 0 Å². The van der Waals surface area contributed by atoms with Gasteiger partial charge in [0.25, 0.3) is 0 Å². The van der Waals surface area contributed by atoms with E-state index >= 15 is 0 Å². The number of carbonyl (C=O) groups excluding carboxylic acids is 2. The Bertz CT molecular complexity index is 566. The molecule has 1 N–H and O–H groups in total. The Morgan fingerprint density at radius 1 is 1.12 bits per heavy atom. The first-order chi connectivity index (χ1) is 11.3. The molecule has 24 heavy (non-hydrogen) atoms. The van der Waals surface area contributed by atoms with Crippen LogP contribution in [0.5, 0.6) is 0 Å². The Kier molecular flexibility index (Phi) is 6.03. The average molecular weight is 330 g/mol. The molecule has 1 aliphatic carbocycles. The van der Waals surface area contributed by atoms with Crippen LogP contribution in [0.4, 0.5) is 5.69 Å². The maximum Gasteiger partial charge on any atom is 0.223 e. The minimum absolute atomic E-state index is 0.0350. The van der Waals surface area contributed by atoms with Gasteiger partial charge in [-0.2, -0.15) is 0 Å². The summed E-state index contributed by atoms with van der Waals surface area (Å²) >= 11 is 0. The van der Waals surface area contributed by atoms with E-state index in [0.29, 0.717) is 19.0 Å². The summed E-state index contributed by atoms with van der Waals surface area (Å²) in [4.78, 5) is 25.8. The topological polar surface area (TPSA) is 49.4 Å². The van der Waals surface area contributed by atoms with Crippen molar-refractivity contribution >= 4 is 17.5 Å². The van der Waals surface area contributed by atoms with Crippen molar-refractivity contribution in [2.75, 3.05) is 11.4 Å². The van der Waals surface area contributed by atoms with Crippen LogP contribution in [0, 0.1) is 0 Å². The summed E-state index contributed by atoms with van der Waals surface area (Å²) in [5, 5.41) is 3.08. The van der Waals surface area contributed by atoms with Gasteiger partial charge in [0.15, 0.2) is 0 Å². The van der Waals surface area contributed by atoms with Gasteiger partial charge in [-0.05, 0) is 36.0 Å². The molecule has 0 spiro atoms. The molecule has 0 saturated heterocycles. The monoisotopic (exact) mass is 330 g/mol. The smallest absolute Gasteiger partial charge is 0.223 e. The molecule has 132 valence electrons. The Hall–Kier alpha value is -1.84. The summed E-state index contributed by atoms with van der Waals surface area (Å²) in [5.74, 6) is 0.00615. The summed E-state index contributed by atoms with van der Waals surface area (Å²) in [6, 6.07) is 8.39. The second kappa shape index (κ2) is 7.82. The molecular formula is C20H30N2O2. The summed E-state index contributed by atoms with van der Waals surface area (Å²) in [6.07, 6.45) is 4.90. The standard InChI is InChI=1S/C20H30N2O2/c1-15(23)22(14-13-19(24)21-17-7-5-6-8-17)18-11-9-16(10-12-18)20(2,3)4/h9-12,17H,5-8,13-14H2,1-4H3,(H,21,24). The van der Waals surface area contributed by atoms with E-state index in [2.05, 4.69) is 38.2 Å². The zero-order chi connectivity index (χ0) is 17.7. The lowest BCUT2D eigenvalue weighted by atomic mass is 9.87. The predicted octanol–water partition coefficient (Wildman–Crippen LogP) is 3.79. The molecule has 1 aliphatic rings. The normalized spacial score (nSPS) is 15.3. The number of hydrogen-bond donors (Lipinski definition) is 1. The number of anilines is 1. The summed E-state index contributed by atoms with van der Waals surface area (Å²) < 4.78 is 0. The van der Waals surface area contributed by atoms with Crippen LogP contribution in [0.3, 0.4) is 0 Å². The van der Waals surface area contributed by atoms with Gasteiger partial charge in [0.2, 0.25) is 11.8 Å². The molecule has 0 atom stereocenters. The number of carbonyl (C=O) groups is 2. The van der Waals surface area contributed by atoms with Crippen LogP contribution in [0.2, 0.25) is 0 Å². The van der Waals surface area contributed by atoms with Crippen LogP contribution in [-0.4, -0.2) is 24.4 Å². The molecule has 2 rings (SSSR count). The van der Waals surface area contributed by atoms with Gasteiger partial charge in [-0.1, -0.05) is 45.7 Å². The zero-order valence-corrected chi connectivity index (χ0v) is 15.4. The minimum Gasteiger partial charge on any atom is -0.353 e. The molecule has 4 nitrogen and oxygen atoms in total. The molecule has 0 radical (unpaired) electrons. The number of rotatable bonds is 5. The second-order valence-electron chi connectivity index (χ2n) is 7.77. The third kappa shape index (κ3) is 5.08. The SMILES string of the molecule is CC(=O)N(CCC(=O)NC1CCCC1)c1ccc(C(C)(C)C)cc1. The van der Waals surface area contributed by atoms with Gasteiger partial charge >= 0.3 is 0 Å². The molecule has 0 unspecified atom stereocenters. The van der Waals surface area contributed by atoms with E-state index in [4.69, 9.17) is 0 Å². The van der Waals surface area contributed by atoms with Gasteiger partial charge in [-0.25, -0.2) is 0 Å². The number of nitrogens with one attached hydrogen (secondary N) is 1. The van der Waals surface area contributed by atoms with E-state index in [1.54, 1.807) is 11.8 Å². The second-order valence-corrected chi connectivity index (χ2v) is 7.77. The van der Waals surface area contributed by atoms with E-state index in [9.17, 15) is 9.59 Å². The zero-order valence-electron chi connectivity index (χ0n) is 15.4. The molecule has 1 saturated carbocycles. The number of benzene rings is 1. The fraction of sp³-hybridized carbons (Fsp3) is 0.600. The lowest BCUT2D eigenvalue weighted by Crippen LogP contribution is -2.37. The van der Waals surface area contributed by atoms with E-state index in [0.717, 1.165) is 18.5 Å². The van der Waals surface area contributed by atoms with Crippen molar-refractivity contribution in [1.29, 1.82) is 0 Å². The van der Waals surface area contributed by atoms with Crippen LogP contribution < -0.4 is 10.2 Å². The number of nitrogens with zero attached hydrogens (tertiary/aromatic N) is 1. The highest BCUT2D eigenvalue weighted by atomic mass is 16.2. The lowest BCUT2D eigenvalue weighted by molar-refractivity contribution is -0.121. The molecule has 0 bridgehead atoms. The molecule has 0 aliphatic heterocycles. The Morgan fingerprint density at radius 3 is 2.21 bits per heavy atom. The van der Waals surface area contributed by atoms with Gasteiger partial charge in [0.1, 0.15) is 0 Å². The Balaban J connectivity index is 1.96. The number of hydrogen-bond acceptors (Lipinski definition) is 2. The van der Waals surface area contributed by atoms with Crippen LogP contribution in [0.25, 0.3) is 0 Å². The van der Waals surface area contributed by atoms with E-state index in [1.165, 1.54) is 18.4 Å². The minimum atomic E-state index is -0.0350. The summed E-state index contributed by atoms with van der Waals surface area (Å²) in [7, 11) is 0. The van der Waals surface area contributed by atoms with Gasteiger partial charge in [0.05, 0.1) is 0 Å². The van der Waals surface area contributed by atoms with Crippen molar-refractivity contribution in [3.8, 4) is 0 Å². The van der Waals surface area contributed by atoms with Gasteiger partial charge < -0.3 is 10.2 Å². The van der Waals surface area contributed by atoms with Crippen molar-refractivity contribution in [2.45, 2.75) is 71.3 Å². The lowest BCUT2D eigenvalue weighted by Gasteiger charge is -2.24. The highest BCUT2D eigenvalue weighted by molar-refractivity contribution is 5.92. The molecule has 0 heterocycles. The van der Waals surface area contributed by atoms with Crippen molar-refractivity contribution in [2.24, 2.45) is 0 Å². The highest BCUT2D eigenvalue weighted by Gasteiger charge is 2.19. The largest absolute Gasteiger partial charge is 0.353 e. The van der Waals surface area contributed by atoms with Crippen LogP contribution >= 0.6 is 0 Å².